The molecule has 0 aromatic carbocycles. The lowest BCUT2D eigenvalue weighted by Crippen LogP contribution is -2.36. The Morgan fingerprint density at radius 1 is 0.846 bits per heavy atom. The molecule has 1 N–H and O–H groups in total. The molecule has 6 heteroatoms. The highest BCUT2D eigenvalue weighted by atomic mass is 35.5. The van der Waals surface area contributed by atoms with E-state index in [0.717, 1.165) is 11.0 Å². The van der Waals surface area contributed by atoms with Gasteiger partial charge in [0.2, 0.25) is 0 Å². The summed E-state index contributed by atoms with van der Waals surface area (Å²) in [5.41, 5.74) is 0. The zero-order valence-electron chi connectivity index (χ0n) is 6.94. The molecule has 0 aromatic rings. The van der Waals surface area contributed by atoms with Crippen molar-refractivity contribution in [3.8, 4) is 0 Å². The molecule has 0 aromatic heterocycles. The van der Waals surface area contributed by atoms with Crippen LogP contribution >= 0.6 is 49.6 Å². The lowest BCUT2D eigenvalue weighted by atomic mass is 10.5. The number of hydrogen-bond donors (Lipinski definition) is 1. The van der Waals surface area contributed by atoms with E-state index in [2.05, 4.69) is 21.1 Å². The summed E-state index contributed by atoms with van der Waals surface area (Å²) in [6.45, 7) is 1.11. The molecule has 0 unspecified atom stereocenters. The molecule has 0 bridgehead atoms. The van der Waals surface area contributed by atoms with Crippen LogP contribution in [0.1, 0.15) is 14.9 Å². The van der Waals surface area contributed by atoms with Crippen LogP contribution < -0.4 is 0 Å². The molecule has 0 rings (SSSR count). The largest absolute Gasteiger partial charge is 0.391 e. The van der Waals surface area contributed by atoms with Crippen molar-refractivity contribution >= 4 is 49.6 Å². The van der Waals surface area contributed by atoms with Crippen molar-refractivity contribution in [1.29, 1.82) is 0 Å². The van der Waals surface area contributed by atoms with Crippen LogP contribution in [0, 0.1) is 0 Å². The maximum absolute atomic E-state index is 8.39. The Kier molecular flexibility index (Phi) is 85.6. The van der Waals surface area contributed by atoms with Gasteiger partial charge in [-0.25, -0.2) is 0 Å². The van der Waals surface area contributed by atoms with Crippen molar-refractivity contribution in [2.75, 3.05) is 34.3 Å². The maximum Gasteiger partial charge on any atom is 0.101 e. The van der Waals surface area contributed by atoms with Gasteiger partial charge in [-0.05, 0) is 0 Å². The van der Waals surface area contributed by atoms with E-state index in [1.165, 1.54) is 0 Å². The first-order valence-corrected chi connectivity index (χ1v) is 2.47. The number of likely N-dealkylation sites (N-methyl/N-ethyl adjacent to an activating group) is 1. The lowest BCUT2D eigenvalue weighted by molar-refractivity contribution is -0.870. The summed E-state index contributed by atoms with van der Waals surface area (Å²) in [6, 6.07) is 0. The lowest BCUT2D eigenvalue weighted by Gasteiger charge is -2.21. The van der Waals surface area contributed by atoms with E-state index in [1.807, 2.05) is 0 Å². The molecule has 0 atom stereocenters. The molecule has 0 aliphatic rings. The van der Waals surface area contributed by atoms with E-state index in [-0.39, 0.29) is 71.1 Å². The van der Waals surface area contributed by atoms with Gasteiger partial charge in [-0.2, -0.15) is 0 Å². The van der Waals surface area contributed by atoms with Crippen LogP contribution in [-0.2, 0) is 0 Å². The molecule has 0 saturated heterocycles. The van der Waals surface area contributed by atoms with Crippen LogP contribution in [0.25, 0.3) is 0 Å². The van der Waals surface area contributed by atoms with Crippen LogP contribution in [0.5, 0.6) is 0 Å². The van der Waals surface area contributed by atoms with E-state index in [9.17, 15) is 0 Å². The number of aliphatic hydroxyl groups excluding tert-OH is 1. The molecule has 0 saturated carbocycles. The summed E-state index contributed by atoms with van der Waals surface area (Å²) in [7, 11) is 6.16. The summed E-state index contributed by atoms with van der Waals surface area (Å²) >= 11 is 0. The van der Waals surface area contributed by atoms with Gasteiger partial charge in [0, 0.05) is 0 Å². The van der Waals surface area contributed by atoms with E-state index in [4.69, 9.17) is 5.11 Å². The second-order valence-corrected chi connectivity index (χ2v) is 2.74. The Hall–Kier alpha value is 1.08. The molecular weight excluding hydrogens is 256 g/mol. The van der Waals surface area contributed by atoms with Gasteiger partial charge in [-0.3, -0.25) is 0 Å². The van der Waals surface area contributed by atoms with Crippen LogP contribution in [0.3, 0.4) is 0 Å². The summed E-state index contributed by atoms with van der Waals surface area (Å²) < 4.78 is 0.844. The molecule has 2 nitrogen and oxygen atoms in total. The van der Waals surface area contributed by atoms with Gasteiger partial charge < -0.3 is 9.59 Å². The van der Waals surface area contributed by atoms with Crippen molar-refractivity contribution in [1.82, 2.24) is 0 Å². The number of quaternary nitrogens is 1. The second-order valence-electron chi connectivity index (χ2n) is 2.74. The third-order valence-corrected chi connectivity index (χ3v) is 0.771. The summed E-state index contributed by atoms with van der Waals surface area (Å²) in [4.78, 5) is 0. The first kappa shape index (κ1) is 48.1. The summed E-state index contributed by atoms with van der Waals surface area (Å²) in [6.07, 6.45) is 0. The zero-order chi connectivity index (χ0) is 5.91. The Morgan fingerprint density at radius 2 is 1.08 bits per heavy atom. The predicted molar refractivity (Wildman–Crippen MR) is 72.4 cm³/mol. The molecule has 92 valence electrons. The first-order chi connectivity index (χ1) is 3.06. The Bertz CT molecular complexity index is 58.9. The minimum atomic E-state index is 0. The van der Waals surface area contributed by atoms with Crippen LogP contribution in [0.2, 0.25) is 0 Å². The third kappa shape index (κ3) is 62.2. The first-order valence-electron chi connectivity index (χ1n) is 2.47. The van der Waals surface area contributed by atoms with Crippen LogP contribution in [-0.4, -0.2) is 43.9 Å². The molecule has 13 heavy (non-hydrogen) atoms. The predicted octanol–water partition coefficient (Wildman–Crippen LogP) is 2.64. The topological polar surface area (TPSA) is 20.2 Å². The minimum absolute atomic E-state index is 0. The molecule has 0 heterocycles. The highest BCUT2D eigenvalue weighted by molar-refractivity contribution is 5.86. The fraction of sp³-hybridized carbons (Fsp3) is 1.00. The number of hydrogen-bond acceptors (Lipinski definition) is 1. The fourth-order valence-corrected chi connectivity index (χ4v) is 0.300. The summed E-state index contributed by atoms with van der Waals surface area (Å²) in [5.74, 6) is 0. The van der Waals surface area contributed by atoms with Crippen molar-refractivity contribution in [3.05, 3.63) is 0 Å². The number of rotatable bonds is 2. The highest BCUT2D eigenvalue weighted by Gasteiger charge is 2.02. The number of nitrogens with zero attached hydrogens (tertiary/aromatic N) is 1. The number of halogens is 4. The van der Waals surface area contributed by atoms with Crippen molar-refractivity contribution in [2.45, 2.75) is 14.9 Å². The highest BCUT2D eigenvalue weighted by Crippen LogP contribution is 1.84. The van der Waals surface area contributed by atoms with Gasteiger partial charge in [0.05, 0.1) is 27.7 Å². The molecule has 0 spiro atoms. The van der Waals surface area contributed by atoms with Gasteiger partial charge in [-0.15, -0.1) is 49.6 Å². The molecule has 0 aliphatic heterocycles. The van der Waals surface area contributed by atoms with Crippen LogP contribution in [0.15, 0.2) is 0 Å². The SMILES string of the molecule is C.C.C[N+](C)(C)CCO.Cl.Cl.Cl.Cl. The average Bonchev–Trinajstić information content (AvgIpc) is 1.30. The Labute approximate surface area is 108 Å². The van der Waals surface area contributed by atoms with Gasteiger partial charge in [0.15, 0.2) is 0 Å². The normalized spacial score (nSPS) is 6.46. The molecular formula is C7H26Cl4NO+. The average molecular weight is 282 g/mol. The van der Waals surface area contributed by atoms with Gasteiger partial charge in [0.1, 0.15) is 6.54 Å². The van der Waals surface area contributed by atoms with Gasteiger partial charge in [-0.1, -0.05) is 14.9 Å². The second kappa shape index (κ2) is 23.2. The van der Waals surface area contributed by atoms with E-state index in [1.54, 1.807) is 0 Å². The van der Waals surface area contributed by atoms with Crippen molar-refractivity contribution < 1.29 is 9.59 Å². The van der Waals surface area contributed by atoms with E-state index >= 15 is 0 Å². The smallest absolute Gasteiger partial charge is 0.101 e. The third-order valence-electron chi connectivity index (χ3n) is 0.771. The van der Waals surface area contributed by atoms with E-state index in [0.29, 0.717) is 0 Å². The quantitative estimate of drug-likeness (QED) is 0.772. The molecule has 0 fully saturated rings. The van der Waals surface area contributed by atoms with Crippen LogP contribution in [0.4, 0.5) is 0 Å². The molecule has 0 aliphatic carbocycles. The van der Waals surface area contributed by atoms with E-state index < -0.39 is 0 Å². The Balaban J connectivity index is -0.0000000120. The minimum Gasteiger partial charge on any atom is -0.391 e. The van der Waals surface area contributed by atoms with Crippen molar-refractivity contribution in [3.63, 3.8) is 0 Å². The monoisotopic (exact) mass is 280 g/mol. The fourth-order valence-electron chi connectivity index (χ4n) is 0.300. The zero-order valence-corrected chi connectivity index (χ0v) is 10.2. The van der Waals surface area contributed by atoms with Gasteiger partial charge in [0.25, 0.3) is 0 Å². The Morgan fingerprint density at radius 3 is 1.08 bits per heavy atom. The maximum atomic E-state index is 8.39. The summed E-state index contributed by atoms with van der Waals surface area (Å²) in [5, 5.41) is 8.39. The number of aliphatic hydroxyl groups is 1. The van der Waals surface area contributed by atoms with Crippen molar-refractivity contribution in [2.24, 2.45) is 0 Å². The van der Waals surface area contributed by atoms with Gasteiger partial charge >= 0.3 is 0 Å². The molecule has 0 radical (unpaired) electrons. The standard InChI is InChI=1S/C5H14NO.2CH4.4ClH/c1-6(2,3)4-5-7;;;;;;/h7H,4-5H2,1-3H3;2*1H4;4*1H/q+1;;;;;;. The molecule has 0 amide bonds.